The Labute approximate surface area is 193 Å². The molecular weight excluding hydrogens is 472 g/mol. The van der Waals surface area contributed by atoms with Gasteiger partial charge >= 0.3 is 0 Å². The number of ether oxygens (including phenoxy) is 1. The van der Waals surface area contributed by atoms with Crippen molar-refractivity contribution in [2.45, 2.75) is 4.90 Å². The molecule has 0 aliphatic heterocycles. The van der Waals surface area contributed by atoms with E-state index < -0.39 is 20.9 Å². The lowest BCUT2D eigenvalue weighted by Crippen LogP contribution is -2.34. The minimum atomic E-state index is -3.94. The smallest absolute Gasteiger partial charge is 0.282 e. The minimum absolute atomic E-state index is 0.0305. The summed E-state index contributed by atoms with van der Waals surface area (Å²) in [6.45, 7) is 0. The Morgan fingerprint density at radius 1 is 1.12 bits per heavy atom. The third-order valence-electron chi connectivity index (χ3n) is 4.08. The second kappa shape index (κ2) is 9.97. The highest BCUT2D eigenvalue weighted by Crippen LogP contribution is 2.19. The van der Waals surface area contributed by atoms with Gasteiger partial charge in [-0.15, -0.1) is 0 Å². The Morgan fingerprint density at radius 2 is 1.82 bits per heavy atom. The van der Waals surface area contributed by atoms with Crippen LogP contribution < -0.4 is 20.1 Å². The van der Waals surface area contributed by atoms with Crippen LogP contribution in [0.1, 0.15) is 10.4 Å². The zero-order valence-electron chi connectivity index (χ0n) is 16.9. The average Bonchev–Trinajstić information content (AvgIpc) is 2.79. The van der Waals surface area contributed by atoms with Crippen LogP contribution in [-0.4, -0.2) is 41.4 Å². The molecule has 0 unspecified atom stereocenters. The number of para-hydroxylation sites is 1. The van der Waals surface area contributed by atoms with E-state index in [0.717, 1.165) is 6.33 Å². The van der Waals surface area contributed by atoms with Crippen molar-refractivity contribution in [3.05, 3.63) is 76.6 Å². The molecule has 3 aromatic rings. The van der Waals surface area contributed by atoms with E-state index in [-0.39, 0.29) is 33.0 Å². The van der Waals surface area contributed by atoms with E-state index >= 15 is 0 Å². The number of carbonyl (C=O) groups is 1. The summed E-state index contributed by atoms with van der Waals surface area (Å²) in [5, 5.41) is 16.0. The maximum absolute atomic E-state index is 12.6. The number of anilines is 2. The molecule has 12 nitrogen and oxygen atoms in total. The van der Waals surface area contributed by atoms with Crippen LogP contribution in [0.15, 0.2) is 65.8 Å². The molecule has 0 radical (unpaired) electrons. The summed E-state index contributed by atoms with van der Waals surface area (Å²) in [6, 6.07) is 12.3. The number of benzene rings is 2. The molecule has 0 aliphatic carbocycles. The van der Waals surface area contributed by atoms with E-state index in [1.807, 2.05) is 0 Å². The SMILES string of the molecule is COc1cc(NS(=O)(=O)c2ccc(NC(=S)NC(=O)c3ccccc3[N+](=O)[O-])cc2)ncn1. The van der Waals surface area contributed by atoms with E-state index in [0.29, 0.717) is 5.69 Å². The van der Waals surface area contributed by atoms with E-state index in [9.17, 15) is 23.3 Å². The largest absolute Gasteiger partial charge is 0.481 e. The van der Waals surface area contributed by atoms with Crippen molar-refractivity contribution in [1.82, 2.24) is 15.3 Å². The first-order chi connectivity index (χ1) is 15.7. The summed E-state index contributed by atoms with van der Waals surface area (Å²) in [5.41, 5.74) is -0.132. The summed E-state index contributed by atoms with van der Waals surface area (Å²) in [7, 11) is -2.55. The Kier molecular flexibility index (Phi) is 7.10. The maximum atomic E-state index is 12.6. The lowest BCUT2D eigenvalue weighted by molar-refractivity contribution is -0.385. The van der Waals surface area contributed by atoms with Crippen LogP contribution in [0.2, 0.25) is 0 Å². The van der Waals surface area contributed by atoms with Crippen molar-refractivity contribution in [1.29, 1.82) is 0 Å². The fraction of sp³-hybridized carbons (Fsp3) is 0.0526. The fourth-order valence-corrected chi connectivity index (χ4v) is 3.79. The number of nitro groups is 1. The predicted molar refractivity (Wildman–Crippen MR) is 123 cm³/mol. The Bertz CT molecular complexity index is 1310. The normalized spacial score (nSPS) is 10.7. The van der Waals surface area contributed by atoms with Crippen molar-refractivity contribution in [3.8, 4) is 5.88 Å². The molecule has 3 rings (SSSR count). The molecule has 0 bridgehead atoms. The number of hydrogen-bond donors (Lipinski definition) is 3. The molecule has 170 valence electrons. The zero-order chi connectivity index (χ0) is 24.0. The molecule has 0 fully saturated rings. The molecule has 33 heavy (non-hydrogen) atoms. The van der Waals surface area contributed by atoms with Crippen LogP contribution in [-0.2, 0) is 10.0 Å². The van der Waals surface area contributed by atoms with Crippen LogP contribution in [0.5, 0.6) is 5.88 Å². The van der Waals surface area contributed by atoms with Gasteiger partial charge in [-0.25, -0.2) is 18.4 Å². The first kappa shape index (κ1) is 23.5. The summed E-state index contributed by atoms with van der Waals surface area (Å²) in [4.78, 5) is 30.3. The van der Waals surface area contributed by atoms with Crippen molar-refractivity contribution in [2.24, 2.45) is 0 Å². The second-order valence-corrected chi connectivity index (χ2v) is 8.35. The maximum Gasteiger partial charge on any atom is 0.282 e. The molecular formula is C19H16N6O6S2. The van der Waals surface area contributed by atoms with E-state index in [2.05, 4.69) is 25.3 Å². The Morgan fingerprint density at radius 3 is 2.48 bits per heavy atom. The molecule has 0 saturated heterocycles. The van der Waals surface area contributed by atoms with Gasteiger partial charge in [-0.3, -0.25) is 24.9 Å². The number of nitrogens with one attached hydrogen (secondary N) is 3. The number of methoxy groups -OCH3 is 1. The van der Waals surface area contributed by atoms with Gasteiger partial charge in [0.05, 0.1) is 16.9 Å². The first-order valence-corrected chi connectivity index (χ1v) is 10.9. The van der Waals surface area contributed by atoms with Crippen LogP contribution >= 0.6 is 12.2 Å². The van der Waals surface area contributed by atoms with Gasteiger partial charge in [-0.1, -0.05) is 12.1 Å². The number of hydrogen-bond acceptors (Lipinski definition) is 9. The van der Waals surface area contributed by atoms with Gasteiger partial charge in [-0.2, -0.15) is 0 Å². The average molecular weight is 489 g/mol. The predicted octanol–water partition coefficient (Wildman–Crippen LogP) is 2.32. The number of rotatable bonds is 7. The molecule has 0 spiro atoms. The van der Waals surface area contributed by atoms with Gasteiger partial charge in [0, 0.05) is 17.8 Å². The van der Waals surface area contributed by atoms with Gasteiger partial charge in [0.15, 0.2) is 5.11 Å². The summed E-state index contributed by atoms with van der Waals surface area (Å²) in [6.07, 6.45) is 1.16. The molecule has 1 amide bonds. The number of nitro benzene ring substituents is 1. The quantitative estimate of drug-likeness (QED) is 0.255. The summed E-state index contributed by atoms with van der Waals surface area (Å²) >= 11 is 5.07. The number of sulfonamides is 1. The third-order valence-corrected chi connectivity index (χ3v) is 5.66. The molecule has 1 aromatic heterocycles. The highest BCUT2D eigenvalue weighted by atomic mass is 32.2. The highest BCUT2D eigenvalue weighted by Gasteiger charge is 2.20. The first-order valence-electron chi connectivity index (χ1n) is 9.04. The second-order valence-electron chi connectivity index (χ2n) is 6.26. The van der Waals surface area contributed by atoms with Crippen molar-refractivity contribution in [3.63, 3.8) is 0 Å². The lowest BCUT2D eigenvalue weighted by Gasteiger charge is -2.11. The van der Waals surface area contributed by atoms with Crippen molar-refractivity contribution >= 4 is 50.5 Å². The number of thiocarbonyl (C=S) groups is 1. The summed E-state index contributed by atoms with van der Waals surface area (Å²) in [5.74, 6) is -0.537. The molecule has 3 N–H and O–H groups in total. The highest BCUT2D eigenvalue weighted by molar-refractivity contribution is 7.92. The molecule has 14 heteroatoms. The van der Waals surface area contributed by atoms with Crippen LogP contribution in [0, 0.1) is 10.1 Å². The monoisotopic (exact) mass is 488 g/mol. The number of nitrogens with zero attached hydrogens (tertiary/aromatic N) is 3. The third kappa shape index (κ3) is 5.96. The topological polar surface area (TPSA) is 165 Å². The number of amides is 1. The number of carbonyl (C=O) groups excluding carboxylic acids is 1. The van der Waals surface area contributed by atoms with Crippen molar-refractivity contribution < 1.29 is 22.9 Å². The van der Waals surface area contributed by atoms with Gasteiger partial charge in [0.1, 0.15) is 17.7 Å². The van der Waals surface area contributed by atoms with Crippen molar-refractivity contribution in [2.75, 3.05) is 17.1 Å². The number of aromatic nitrogens is 2. The molecule has 0 saturated carbocycles. The van der Waals surface area contributed by atoms with Crippen LogP contribution in [0.4, 0.5) is 17.2 Å². The Hall–Kier alpha value is -4.17. The zero-order valence-corrected chi connectivity index (χ0v) is 18.5. The van der Waals surface area contributed by atoms with E-state index in [4.69, 9.17) is 17.0 Å². The summed E-state index contributed by atoms with van der Waals surface area (Å²) < 4.78 is 32.3. The molecule has 1 heterocycles. The molecule has 0 atom stereocenters. The van der Waals surface area contributed by atoms with Gasteiger partial charge < -0.3 is 10.1 Å². The van der Waals surface area contributed by atoms with Crippen LogP contribution in [0.3, 0.4) is 0 Å². The van der Waals surface area contributed by atoms with E-state index in [1.165, 1.54) is 61.7 Å². The Balaban J connectivity index is 1.66. The van der Waals surface area contributed by atoms with Gasteiger partial charge in [-0.05, 0) is 42.5 Å². The minimum Gasteiger partial charge on any atom is -0.481 e. The van der Waals surface area contributed by atoms with Gasteiger partial charge in [0.2, 0.25) is 5.88 Å². The lowest BCUT2D eigenvalue weighted by atomic mass is 10.1. The van der Waals surface area contributed by atoms with Gasteiger partial charge in [0.25, 0.3) is 21.6 Å². The fourth-order valence-electron chi connectivity index (χ4n) is 2.58. The van der Waals surface area contributed by atoms with Crippen LogP contribution in [0.25, 0.3) is 0 Å². The standard InChI is InChI=1S/C19H16N6O6S2/c1-31-17-10-16(20-11-21-17)24-33(29,30)13-8-6-12(7-9-13)22-19(32)23-18(26)14-4-2-3-5-15(14)25(27)28/h2-11H,1H3,(H,20,21,24)(H2,22,23,26,32). The molecule has 0 aliphatic rings. The molecule has 2 aromatic carbocycles. The van der Waals surface area contributed by atoms with E-state index in [1.54, 1.807) is 0 Å².